The fourth-order valence-electron chi connectivity index (χ4n) is 2.04. The molecule has 3 heteroatoms. The van der Waals surface area contributed by atoms with E-state index < -0.39 is 0 Å². The number of ketones is 1. The largest absolute Gasteiger partial charge is 0.295 e. The second kappa shape index (κ2) is 11.5. The van der Waals surface area contributed by atoms with Crippen LogP contribution in [-0.4, -0.2) is 22.6 Å². The van der Waals surface area contributed by atoms with Crippen LogP contribution in [0.4, 0.5) is 0 Å². The van der Waals surface area contributed by atoms with Gasteiger partial charge in [0.1, 0.15) is 0 Å². The lowest BCUT2D eigenvalue weighted by Crippen LogP contribution is -2.15. The van der Waals surface area contributed by atoms with Gasteiger partial charge in [0.15, 0.2) is 12.1 Å². The van der Waals surface area contributed by atoms with E-state index in [1.807, 2.05) is 11.8 Å². The monoisotopic (exact) mass is 286 g/mol. The van der Waals surface area contributed by atoms with Crippen molar-refractivity contribution in [3.63, 3.8) is 0 Å². The minimum absolute atomic E-state index is 0.260. The van der Waals surface area contributed by atoms with E-state index in [4.69, 9.17) is 0 Å². The molecule has 0 aliphatic heterocycles. The summed E-state index contributed by atoms with van der Waals surface area (Å²) in [4.78, 5) is 21.0. The molecule has 112 valence electrons. The zero-order valence-corrected chi connectivity index (χ0v) is 13.7. The number of carbonyl (C=O) groups excluding carboxylic acids is 2. The lowest BCUT2D eigenvalue weighted by atomic mass is 10.0. The van der Waals surface area contributed by atoms with Gasteiger partial charge in [0.05, 0.1) is 0 Å². The second-order valence-electron chi connectivity index (χ2n) is 5.81. The van der Waals surface area contributed by atoms with E-state index in [0.29, 0.717) is 17.5 Å². The van der Waals surface area contributed by atoms with Crippen molar-refractivity contribution < 1.29 is 9.59 Å². The second-order valence-corrected chi connectivity index (χ2v) is 7.62. The number of hydrogen-bond donors (Lipinski definition) is 0. The van der Waals surface area contributed by atoms with Gasteiger partial charge in [0, 0.05) is 11.2 Å². The van der Waals surface area contributed by atoms with Gasteiger partial charge < -0.3 is 0 Å². The molecule has 0 unspecified atom stereocenters. The van der Waals surface area contributed by atoms with Crippen molar-refractivity contribution in [2.45, 2.75) is 83.3 Å². The minimum Gasteiger partial charge on any atom is -0.295 e. The number of thioether (sulfide) groups is 1. The molecule has 0 bridgehead atoms. The van der Waals surface area contributed by atoms with Crippen LogP contribution in [0, 0.1) is 0 Å². The first kappa shape index (κ1) is 18.7. The molecular weight excluding hydrogens is 256 g/mol. The number of rotatable bonds is 13. The van der Waals surface area contributed by atoms with E-state index >= 15 is 0 Å². The first-order valence-corrected chi connectivity index (χ1v) is 8.62. The molecule has 19 heavy (non-hydrogen) atoms. The highest BCUT2D eigenvalue weighted by Gasteiger charge is 2.17. The van der Waals surface area contributed by atoms with Crippen LogP contribution < -0.4 is 0 Å². The summed E-state index contributed by atoms with van der Waals surface area (Å²) in [7, 11) is 0. The average molecular weight is 286 g/mol. The molecule has 0 rings (SSSR count). The maximum absolute atomic E-state index is 10.8. The fraction of sp³-hybridized carbons (Fsp3) is 0.875. The van der Waals surface area contributed by atoms with Crippen LogP contribution >= 0.6 is 11.8 Å². The zero-order chi connectivity index (χ0) is 14.6. The highest BCUT2D eigenvalue weighted by atomic mass is 32.2. The Labute approximate surface area is 123 Å². The smallest absolute Gasteiger partial charge is 0.195 e. The summed E-state index contributed by atoms with van der Waals surface area (Å²) < 4.78 is 0.381. The fourth-order valence-corrected chi connectivity index (χ4v) is 3.22. The highest BCUT2D eigenvalue weighted by Crippen LogP contribution is 2.31. The van der Waals surface area contributed by atoms with Crippen molar-refractivity contribution in [3.05, 3.63) is 0 Å². The van der Waals surface area contributed by atoms with E-state index in [9.17, 15) is 9.59 Å². The first-order valence-electron chi connectivity index (χ1n) is 7.64. The van der Waals surface area contributed by atoms with Gasteiger partial charge in [0.2, 0.25) is 0 Å². The molecule has 0 amide bonds. The molecule has 0 saturated heterocycles. The zero-order valence-electron chi connectivity index (χ0n) is 12.9. The Bertz CT molecular complexity index is 249. The molecule has 0 N–H and O–H groups in total. The third kappa shape index (κ3) is 12.5. The summed E-state index contributed by atoms with van der Waals surface area (Å²) in [6.07, 6.45) is 10.6. The van der Waals surface area contributed by atoms with Gasteiger partial charge >= 0.3 is 0 Å². The maximum Gasteiger partial charge on any atom is 0.195 e. The Hall–Kier alpha value is -0.310. The predicted molar refractivity (Wildman–Crippen MR) is 84.8 cm³/mol. The third-order valence-corrected chi connectivity index (χ3v) is 4.80. The molecule has 0 aromatic carbocycles. The van der Waals surface area contributed by atoms with Crippen LogP contribution in [0.25, 0.3) is 0 Å². The van der Waals surface area contributed by atoms with Crippen LogP contribution in [0.3, 0.4) is 0 Å². The highest BCUT2D eigenvalue weighted by molar-refractivity contribution is 8.00. The molecule has 0 fully saturated rings. The predicted octanol–water partition coefficient (Wildman–Crippen LogP) is 4.80. The normalized spacial score (nSPS) is 11.5. The van der Waals surface area contributed by atoms with Gasteiger partial charge in [-0.1, -0.05) is 52.9 Å². The molecule has 0 atom stereocenters. The van der Waals surface area contributed by atoms with E-state index in [1.165, 1.54) is 32.1 Å². The van der Waals surface area contributed by atoms with Crippen molar-refractivity contribution in [1.82, 2.24) is 0 Å². The van der Waals surface area contributed by atoms with Gasteiger partial charge in [-0.25, -0.2) is 0 Å². The lowest BCUT2D eigenvalue weighted by molar-refractivity contribution is -0.129. The molecule has 0 aliphatic carbocycles. The summed E-state index contributed by atoms with van der Waals surface area (Å²) in [6, 6.07) is 0. The van der Waals surface area contributed by atoms with Crippen molar-refractivity contribution in [2.75, 3.05) is 5.75 Å². The van der Waals surface area contributed by atoms with E-state index in [2.05, 4.69) is 20.8 Å². The Morgan fingerprint density at radius 2 is 1.74 bits per heavy atom. The van der Waals surface area contributed by atoms with Crippen LogP contribution in [0.5, 0.6) is 0 Å². The maximum atomic E-state index is 10.8. The topological polar surface area (TPSA) is 34.1 Å². The van der Waals surface area contributed by atoms with E-state index in [-0.39, 0.29) is 5.78 Å². The van der Waals surface area contributed by atoms with E-state index in [0.717, 1.165) is 25.0 Å². The molecule has 2 nitrogen and oxygen atoms in total. The number of unbranched alkanes of at least 4 members (excludes halogenated alkanes) is 5. The Morgan fingerprint density at radius 3 is 2.37 bits per heavy atom. The van der Waals surface area contributed by atoms with Crippen molar-refractivity contribution in [3.8, 4) is 0 Å². The summed E-state index contributed by atoms with van der Waals surface area (Å²) in [5.74, 6) is 0.902. The number of aldehydes is 1. The molecule has 0 aliphatic rings. The van der Waals surface area contributed by atoms with Crippen molar-refractivity contribution >= 4 is 23.8 Å². The van der Waals surface area contributed by atoms with Gasteiger partial charge in [-0.2, -0.15) is 11.8 Å². The minimum atomic E-state index is -0.260. The Balaban J connectivity index is 3.47. The van der Waals surface area contributed by atoms with Gasteiger partial charge in [0.25, 0.3) is 0 Å². The SMILES string of the molecule is CCCCCCC(C)(C)SCCCCCC(=O)C=O. The molecule has 0 aromatic heterocycles. The van der Waals surface area contributed by atoms with Crippen LogP contribution in [0.2, 0.25) is 0 Å². The van der Waals surface area contributed by atoms with Gasteiger partial charge in [-0.15, -0.1) is 0 Å². The van der Waals surface area contributed by atoms with Crippen molar-refractivity contribution in [2.24, 2.45) is 0 Å². The molecule has 0 saturated carbocycles. The third-order valence-electron chi connectivity index (χ3n) is 3.32. The summed E-state index contributed by atoms with van der Waals surface area (Å²) in [5, 5.41) is 0. The van der Waals surface area contributed by atoms with Crippen LogP contribution in [0.15, 0.2) is 0 Å². The van der Waals surface area contributed by atoms with Crippen molar-refractivity contribution in [1.29, 1.82) is 0 Å². The number of carbonyl (C=O) groups is 2. The molecule has 0 spiro atoms. The Morgan fingerprint density at radius 1 is 1.05 bits per heavy atom. The summed E-state index contributed by atoms with van der Waals surface area (Å²) in [6.45, 7) is 6.91. The Kier molecular flexibility index (Phi) is 11.3. The van der Waals surface area contributed by atoms with Gasteiger partial charge in [-0.05, 0) is 25.0 Å². The standard InChI is InChI=1S/C16H30O2S/c1-4-5-6-9-12-16(2,3)19-13-10-7-8-11-15(18)14-17/h14H,4-13H2,1-3H3. The quantitative estimate of drug-likeness (QED) is 0.277. The number of hydrogen-bond acceptors (Lipinski definition) is 3. The van der Waals surface area contributed by atoms with Crippen LogP contribution in [0.1, 0.15) is 78.6 Å². The number of Topliss-reactive ketones (excluding diaryl/α,β-unsaturated/α-hetero) is 1. The summed E-state index contributed by atoms with van der Waals surface area (Å²) in [5.41, 5.74) is 0. The lowest BCUT2D eigenvalue weighted by Gasteiger charge is -2.24. The molecular formula is C16H30O2S. The molecule has 0 radical (unpaired) electrons. The average Bonchev–Trinajstić information content (AvgIpc) is 2.38. The molecule has 0 heterocycles. The van der Waals surface area contributed by atoms with Crippen LogP contribution in [-0.2, 0) is 9.59 Å². The first-order chi connectivity index (χ1) is 9.02. The molecule has 0 aromatic rings. The summed E-state index contributed by atoms with van der Waals surface area (Å²) >= 11 is 2.05. The van der Waals surface area contributed by atoms with Gasteiger partial charge in [-0.3, -0.25) is 9.59 Å². The van der Waals surface area contributed by atoms with E-state index in [1.54, 1.807) is 0 Å².